The smallest absolute Gasteiger partial charge is 0.319 e. The Morgan fingerprint density at radius 3 is 2.70 bits per heavy atom. The summed E-state index contributed by atoms with van der Waals surface area (Å²) in [6, 6.07) is 9.40. The number of nitrogens with two attached hydrogens (primary N) is 1. The van der Waals surface area contributed by atoms with E-state index >= 15 is 0 Å². The molecule has 0 fully saturated rings. The normalized spacial score (nSPS) is 18.6. The van der Waals surface area contributed by atoms with Crippen LogP contribution in [0.25, 0.3) is 5.57 Å². The van der Waals surface area contributed by atoms with E-state index in [9.17, 15) is 4.79 Å². The van der Waals surface area contributed by atoms with Gasteiger partial charge in [-0.15, -0.1) is 11.3 Å². The van der Waals surface area contributed by atoms with Crippen LogP contribution in [0.2, 0.25) is 0 Å². The fraction of sp³-hybridized carbons (Fsp3) is 0.143. The summed E-state index contributed by atoms with van der Waals surface area (Å²) in [5.41, 5.74) is 9.28. The maximum absolute atomic E-state index is 11.7. The molecule has 2 amide bonds. The zero-order valence-electron chi connectivity index (χ0n) is 10.9. The van der Waals surface area contributed by atoms with E-state index in [4.69, 9.17) is 5.73 Å². The highest BCUT2D eigenvalue weighted by molar-refractivity contribution is 7.13. The summed E-state index contributed by atoms with van der Waals surface area (Å²) in [6.45, 7) is 1.87. The number of benzene rings is 1. The minimum Gasteiger partial charge on any atom is -0.375 e. The highest BCUT2D eigenvalue weighted by Gasteiger charge is 2.28. The third-order valence-corrected chi connectivity index (χ3v) is 3.87. The second-order valence-electron chi connectivity index (χ2n) is 4.55. The number of hydrogen-bond donors (Lipinski definition) is 3. The number of anilines is 1. The van der Waals surface area contributed by atoms with E-state index in [0.717, 1.165) is 22.5 Å². The fourth-order valence-electron chi connectivity index (χ4n) is 2.34. The van der Waals surface area contributed by atoms with Crippen LogP contribution in [-0.2, 0) is 0 Å². The molecule has 0 bridgehead atoms. The van der Waals surface area contributed by atoms with E-state index in [1.165, 1.54) is 11.3 Å². The summed E-state index contributed by atoms with van der Waals surface area (Å²) >= 11 is 1.39. The molecule has 1 aliphatic heterocycles. The average molecular weight is 286 g/mol. The van der Waals surface area contributed by atoms with E-state index in [1.54, 1.807) is 0 Å². The molecule has 1 aromatic heterocycles. The molecule has 0 saturated carbocycles. The van der Waals surface area contributed by atoms with Gasteiger partial charge in [-0.25, -0.2) is 9.78 Å². The molecule has 0 saturated heterocycles. The van der Waals surface area contributed by atoms with Crippen LogP contribution >= 0.6 is 11.3 Å². The van der Waals surface area contributed by atoms with Gasteiger partial charge in [0.2, 0.25) is 0 Å². The molecule has 6 heteroatoms. The van der Waals surface area contributed by atoms with E-state index in [1.807, 2.05) is 42.6 Å². The fourth-order valence-corrected chi connectivity index (χ4v) is 2.90. The Hall–Kier alpha value is -2.34. The lowest BCUT2D eigenvalue weighted by molar-refractivity contribution is 0.240. The number of nitrogens with zero attached hydrogens (tertiary/aromatic N) is 1. The lowest BCUT2D eigenvalue weighted by Gasteiger charge is -2.28. The quantitative estimate of drug-likeness (QED) is 0.793. The molecule has 2 aromatic rings. The Balaban J connectivity index is 2.11. The van der Waals surface area contributed by atoms with Gasteiger partial charge in [-0.1, -0.05) is 30.3 Å². The number of aromatic nitrogens is 1. The first-order valence-corrected chi connectivity index (χ1v) is 7.07. The van der Waals surface area contributed by atoms with Gasteiger partial charge < -0.3 is 16.4 Å². The summed E-state index contributed by atoms with van der Waals surface area (Å²) < 4.78 is 0. The van der Waals surface area contributed by atoms with E-state index in [2.05, 4.69) is 15.6 Å². The van der Waals surface area contributed by atoms with Crippen molar-refractivity contribution in [2.45, 2.75) is 13.0 Å². The van der Waals surface area contributed by atoms with Crippen LogP contribution in [0.5, 0.6) is 0 Å². The number of rotatable bonds is 2. The van der Waals surface area contributed by atoms with Crippen molar-refractivity contribution in [2.75, 3.05) is 5.73 Å². The third kappa shape index (κ3) is 2.25. The van der Waals surface area contributed by atoms with Gasteiger partial charge in [-0.05, 0) is 12.5 Å². The Bertz CT molecular complexity index is 677. The average Bonchev–Trinajstić information content (AvgIpc) is 2.85. The van der Waals surface area contributed by atoms with Gasteiger partial charge in [-0.2, -0.15) is 0 Å². The number of carbonyl (C=O) groups is 1. The first-order chi connectivity index (χ1) is 9.65. The number of hydrogen-bond acceptors (Lipinski definition) is 4. The molecule has 0 radical (unpaired) electrons. The maximum Gasteiger partial charge on any atom is 0.319 e. The van der Waals surface area contributed by atoms with Crippen molar-refractivity contribution < 1.29 is 4.79 Å². The molecular weight excluding hydrogens is 272 g/mol. The lowest BCUT2D eigenvalue weighted by atomic mass is 9.94. The number of urea groups is 1. The monoisotopic (exact) mass is 286 g/mol. The number of carbonyl (C=O) groups excluding carboxylic acids is 1. The molecule has 1 aliphatic rings. The second-order valence-corrected chi connectivity index (χ2v) is 5.44. The van der Waals surface area contributed by atoms with Crippen molar-refractivity contribution in [3.8, 4) is 0 Å². The minimum atomic E-state index is -0.216. The SMILES string of the molecule is CC1=C(c2csc(N)n2)C(c2ccccc2)NC(=O)N1. The molecule has 1 unspecified atom stereocenters. The molecule has 5 nitrogen and oxygen atoms in total. The van der Waals surface area contributed by atoms with Crippen LogP contribution in [0.15, 0.2) is 41.4 Å². The van der Waals surface area contributed by atoms with Crippen LogP contribution in [-0.4, -0.2) is 11.0 Å². The van der Waals surface area contributed by atoms with E-state index < -0.39 is 0 Å². The number of nitrogen functional groups attached to an aromatic ring is 1. The summed E-state index contributed by atoms with van der Waals surface area (Å²) in [5, 5.41) is 8.15. The molecule has 102 valence electrons. The molecule has 20 heavy (non-hydrogen) atoms. The lowest BCUT2D eigenvalue weighted by Crippen LogP contribution is -2.42. The molecule has 1 atom stereocenters. The van der Waals surface area contributed by atoms with Crippen molar-refractivity contribution in [3.05, 3.63) is 52.7 Å². The summed E-state index contributed by atoms with van der Waals surface area (Å²) in [4.78, 5) is 16.1. The Morgan fingerprint density at radius 1 is 1.30 bits per heavy atom. The molecule has 1 aromatic carbocycles. The van der Waals surface area contributed by atoms with Gasteiger partial charge in [-0.3, -0.25) is 0 Å². The topological polar surface area (TPSA) is 80.0 Å². The molecule has 3 rings (SSSR count). The molecule has 2 heterocycles. The summed E-state index contributed by atoms with van der Waals surface area (Å²) in [5.74, 6) is 0. The first kappa shape index (κ1) is 12.7. The van der Waals surface area contributed by atoms with Gasteiger partial charge in [0.05, 0.1) is 11.7 Å². The van der Waals surface area contributed by atoms with Crippen molar-refractivity contribution in [1.29, 1.82) is 0 Å². The summed E-state index contributed by atoms with van der Waals surface area (Å²) in [6.07, 6.45) is 0. The van der Waals surface area contributed by atoms with E-state index in [-0.39, 0.29) is 12.1 Å². The third-order valence-electron chi connectivity index (χ3n) is 3.20. The van der Waals surface area contributed by atoms with Crippen molar-refractivity contribution >= 4 is 28.1 Å². The van der Waals surface area contributed by atoms with Crippen molar-refractivity contribution in [2.24, 2.45) is 0 Å². The van der Waals surface area contributed by atoms with Gasteiger partial charge in [0.1, 0.15) is 0 Å². The predicted molar refractivity (Wildman–Crippen MR) is 80.0 cm³/mol. The van der Waals surface area contributed by atoms with Gasteiger partial charge >= 0.3 is 6.03 Å². The van der Waals surface area contributed by atoms with Crippen molar-refractivity contribution in [1.82, 2.24) is 15.6 Å². The zero-order valence-corrected chi connectivity index (χ0v) is 11.7. The standard InChI is InChI=1S/C14H14N4OS/c1-8-11(10-7-20-13(15)17-10)12(18-14(19)16-8)9-5-3-2-4-6-9/h2-7,12H,1H3,(H2,15,17)(H2,16,18,19). The Kier molecular flexibility index (Phi) is 3.15. The number of thiazole rings is 1. The molecular formula is C14H14N4OS. The second kappa shape index (κ2) is 4.97. The Morgan fingerprint density at radius 2 is 2.05 bits per heavy atom. The molecule has 0 spiro atoms. The van der Waals surface area contributed by atoms with Crippen LogP contribution < -0.4 is 16.4 Å². The largest absolute Gasteiger partial charge is 0.375 e. The predicted octanol–water partition coefficient (Wildman–Crippen LogP) is 2.51. The zero-order chi connectivity index (χ0) is 14.1. The van der Waals surface area contributed by atoms with Gasteiger partial charge in [0, 0.05) is 16.7 Å². The van der Waals surface area contributed by atoms with Gasteiger partial charge in [0.25, 0.3) is 0 Å². The highest BCUT2D eigenvalue weighted by atomic mass is 32.1. The minimum absolute atomic E-state index is 0.205. The van der Waals surface area contributed by atoms with Crippen LogP contribution in [0.3, 0.4) is 0 Å². The summed E-state index contributed by atoms with van der Waals surface area (Å²) in [7, 11) is 0. The van der Waals surface area contributed by atoms with Gasteiger partial charge in [0.15, 0.2) is 5.13 Å². The number of nitrogens with one attached hydrogen (secondary N) is 2. The molecule has 0 aliphatic carbocycles. The first-order valence-electron chi connectivity index (χ1n) is 6.20. The Labute approximate surface area is 120 Å². The molecule has 4 N–H and O–H groups in total. The van der Waals surface area contributed by atoms with Crippen LogP contribution in [0.4, 0.5) is 9.93 Å². The van der Waals surface area contributed by atoms with Crippen LogP contribution in [0, 0.1) is 0 Å². The maximum atomic E-state index is 11.7. The number of allylic oxidation sites excluding steroid dienone is 1. The number of amides is 2. The van der Waals surface area contributed by atoms with E-state index in [0.29, 0.717) is 5.13 Å². The van der Waals surface area contributed by atoms with Crippen molar-refractivity contribution in [3.63, 3.8) is 0 Å². The highest BCUT2D eigenvalue weighted by Crippen LogP contribution is 2.34. The van der Waals surface area contributed by atoms with Crippen LogP contribution in [0.1, 0.15) is 24.2 Å².